The average Bonchev–Trinajstić information content (AvgIpc) is 2.40. The maximum atomic E-state index is 12.7. The second kappa shape index (κ2) is 6.46. The number of anilines is 1. The van der Waals surface area contributed by atoms with E-state index in [0.717, 1.165) is 12.1 Å². The summed E-state index contributed by atoms with van der Waals surface area (Å²) >= 11 is 15.1. The van der Waals surface area contributed by atoms with Crippen molar-refractivity contribution < 1.29 is 13.2 Å². The molecule has 2 rings (SSSR count). The molecule has 0 spiro atoms. The Labute approximate surface area is 138 Å². The number of hydrogen-bond donors (Lipinski definition) is 1. The molecule has 1 N–H and O–H groups in total. The predicted molar refractivity (Wildman–Crippen MR) is 82.9 cm³/mol. The normalized spacial score (nSPS) is 11.5. The molecule has 0 aliphatic heterocycles. The molecule has 0 unspecified atom stereocenters. The fourth-order valence-electron chi connectivity index (χ4n) is 1.71. The van der Waals surface area contributed by atoms with Gasteiger partial charge in [0.1, 0.15) is 0 Å². The van der Waals surface area contributed by atoms with Crippen molar-refractivity contribution in [1.82, 2.24) is 0 Å². The topological polar surface area (TPSA) is 12.0 Å². The van der Waals surface area contributed by atoms with Crippen LogP contribution in [0.2, 0.25) is 10.0 Å². The zero-order chi connectivity index (χ0) is 15.6. The summed E-state index contributed by atoms with van der Waals surface area (Å²) in [5.41, 5.74) is 0.319. The summed E-state index contributed by atoms with van der Waals surface area (Å²) in [4.78, 5) is 0. The zero-order valence-corrected chi connectivity index (χ0v) is 13.5. The first kappa shape index (κ1) is 16.5. The molecule has 0 radical (unpaired) electrons. The third kappa shape index (κ3) is 4.05. The van der Waals surface area contributed by atoms with Gasteiger partial charge in [0.05, 0.1) is 15.6 Å². The Bertz CT molecular complexity index is 659. The lowest BCUT2D eigenvalue weighted by Crippen LogP contribution is -2.07. The summed E-state index contributed by atoms with van der Waals surface area (Å²) in [6, 6.07) is 8.54. The van der Waals surface area contributed by atoms with Gasteiger partial charge >= 0.3 is 6.18 Å². The minimum Gasteiger partial charge on any atom is -0.380 e. The molecule has 0 aromatic heterocycles. The van der Waals surface area contributed by atoms with Gasteiger partial charge in [-0.2, -0.15) is 13.2 Å². The zero-order valence-electron chi connectivity index (χ0n) is 10.4. The average molecular weight is 399 g/mol. The Hall–Kier alpha value is -0.910. The van der Waals surface area contributed by atoms with Gasteiger partial charge in [0.15, 0.2) is 0 Å². The van der Waals surface area contributed by atoms with Crippen LogP contribution in [0.15, 0.2) is 40.9 Å². The van der Waals surface area contributed by atoms with E-state index < -0.39 is 11.7 Å². The Kier molecular flexibility index (Phi) is 5.07. The van der Waals surface area contributed by atoms with Crippen molar-refractivity contribution in [2.24, 2.45) is 0 Å². The van der Waals surface area contributed by atoms with E-state index in [-0.39, 0.29) is 6.54 Å². The SMILES string of the molecule is FC(F)(F)c1ccc(Br)c(NCc2cccc(Cl)c2Cl)c1. The second-order valence-corrected chi connectivity index (χ2v) is 5.90. The van der Waals surface area contributed by atoms with E-state index in [1.165, 1.54) is 6.07 Å². The summed E-state index contributed by atoms with van der Waals surface area (Å²) in [5.74, 6) is 0. The van der Waals surface area contributed by atoms with Crippen LogP contribution < -0.4 is 5.32 Å². The summed E-state index contributed by atoms with van der Waals surface area (Å²) in [6.07, 6.45) is -4.38. The predicted octanol–water partition coefficient (Wildman–Crippen LogP) is 6.39. The fourth-order valence-corrected chi connectivity index (χ4v) is 2.49. The molecule has 0 bridgehead atoms. The van der Waals surface area contributed by atoms with Gasteiger partial charge in [0.25, 0.3) is 0 Å². The van der Waals surface area contributed by atoms with Crippen molar-refractivity contribution in [3.05, 3.63) is 62.0 Å². The lowest BCUT2D eigenvalue weighted by molar-refractivity contribution is -0.137. The molecule has 0 heterocycles. The highest BCUT2D eigenvalue weighted by Gasteiger charge is 2.30. The number of rotatable bonds is 3. The Morgan fingerprint density at radius 1 is 1.10 bits per heavy atom. The quantitative estimate of drug-likeness (QED) is 0.631. The van der Waals surface area contributed by atoms with Crippen LogP contribution in [0.25, 0.3) is 0 Å². The van der Waals surface area contributed by atoms with Gasteiger partial charge in [-0.15, -0.1) is 0 Å². The molecule has 0 aliphatic rings. The Morgan fingerprint density at radius 3 is 2.48 bits per heavy atom. The van der Waals surface area contributed by atoms with E-state index in [4.69, 9.17) is 23.2 Å². The minimum absolute atomic E-state index is 0.263. The van der Waals surface area contributed by atoms with Crippen molar-refractivity contribution >= 4 is 44.8 Å². The molecule has 112 valence electrons. The number of halogens is 6. The van der Waals surface area contributed by atoms with Crippen LogP contribution in [0.4, 0.5) is 18.9 Å². The van der Waals surface area contributed by atoms with Crippen LogP contribution in [0, 0.1) is 0 Å². The first-order valence-corrected chi connectivity index (χ1v) is 7.37. The monoisotopic (exact) mass is 397 g/mol. The highest BCUT2D eigenvalue weighted by molar-refractivity contribution is 9.10. The molecule has 2 aromatic rings. The summed E-state index contributed by atoms with van der Waals surface area (Å²) < 4.78 is 38.6. The van der Waals surface area contributed by atoms with Crippen molar-refractivity contribution in [1.29, 1.82) is 0 Å². The van der Waals surface area contributed by atoms with E-state index in [9.17, 15) is 13.2 Å². The third-order valence-electron chi connectivity index (χ3n) is 2.79. The molecule has 0 atom stereocenters. The molecular weight excluding hydrogens is 390 g/mol. The lowest BCUT2D eigenvalue weighted by atomic mass is 10.1. The van der Waals surface area contributed by atoms with E-state index in [0.29, 0.717) is 25.8 Å². The maximum Gasteiger partial charge on any atom is 0.416 e. The largest absolute Gasteiger partial charge is 0.416 e. The smallest absolute Gasteiger partial charge is 0.380 e. The molecule has 2 aromatic carbocycles. The maximum absolute atomic E-state index is 12.7. The van der Waals surface area contributed by atoms with Gasteiger partial charge in [0.2, 0.25) is 0 Å². The molecule has 0 amide bonds. The van der Waals surface area contributed by atoms with Crippen LogP contribution in [-0.4, -0.2) is 0 Å². The number of alkyl halides is 3. The molecule has 7 heteroatoms. The lowest BCUT2D eigenvalue weighted by Gasteiger charge is -2.13. The van der Waals surface area contributed by atoms with Gasteiger partial charge in [-0.05, 0) is 45.8 Å². The summed E-state index contributed by atoms with van der Waals surface area (Å²) in [5, 5.41) is 3.71. The standard InChI is InChI=1S/C14H9BrCl2F3N/c15-10-5-4-9(14(18,19)20)6-12(10)21-7-8-2-1-3-11(16)13(8)17/h1-6,21H,7H2. The van der Waals surface area contributed by atoms with E-state index in [1.807, 2.05) is 0 Å². The van der Waals surface area contributed by atoms with Crippen molar-refractivity contribution in [3.63, 3.8) is 0 Å². The minimum atomic E-state index is -4.38. The van der Waals surface area contributed by atoms with E-state index >= 15 is 0 Å². The number of nitrogens with one attached hydrogen (secondary N) is 1. The Balaban J connectivity index is 2.22. The first-order chi connectivity index (χ1) is 9.79. The summed E-state index contributed by atoms with van der Waals surface area (Å²) in [6.45, 7) is 0.263. The van der Waals surface area contributed by atoms with Gasteiger partial charge in [0, 0.05) is 16.7 Å². The molecule has 0 aliphatic carbocycles. The van der Waals surface area contributed by atoms with Gasteiger partial charge in [-0.1, -0.05) is 35.3 Å². The van der Waals surface area contributed by atoms with Crippen LogP contribution >= 0.6 is 39.1 Å². The number of benzene rings is 2. The van der Waals surface area contributed by atoms with Crippen LogP contribution in [-0.2, 0) is 12.7 Å². The number of hydrogen-bond acceptors (Lipinski definition) is 1. The molecule has 1 nitrogen and oxygen atoms in total. The van der Waals surface area contributed by atoms with Crippen LogP contribution in [0.3, 0.4) is 0 Å². The fraction of sp³-hybridized carbons (Fsp3) is 0.143. The van der Waals surface area contributed by atoms with E-state index in [2.05, 4.69) is 21.2 Å². The molecular formula is C14H9BrCl2F3N. The van der Waals surface area contributed by atoms with Crippen LogP contribution in [0.5, 0.6) is 0 Å². The molecule has 21 heavy (non-hydrogen) atoms. The highest BCUT2D eigenvalue weighted by Crippen LogP contribution is 2.34. The van der Waals surface area contributed by atoms with Gasteiger partial charge < -0.3 is 5.32 Å². The highest BCUT2D eigenvalue weighted by atomic mass is 79.9. The van der Waals surface area contributed by atoms with E-state index in [1.54, 1.807) is 18.2 Å². The molecule has 0 fully saturated rings. The van der Waals surface area contributed by atoms with Crippen LogP contribution in [0.1, 0.15) is 11.1 Å². The Morgan fingerprint density at radius 2 is 1.81 bits per heavy atom. The third-order valence-corrected chi connectivity index (χ3v) is 4.34. The van der Waals surface area contributed by atoms with Gasteiger partial charge in [-0.3, -0.25) is 0 Å². The molecule has 0 saturated carbocycles. The van der Waals surface area contributed by atoms with Crippen molar-refractivity contribution in [3.8, 4) is 0 Å². The van der Waals surface area contributed by atoms with Crippen molar-refractivity contribution in [2.45, 2.75) is 12.7 Å². The second-order valence-electron chi connectivity index (χ2n) is 4.26. The summed E-state index contributed by atoms with van der Waals surface area (Å²) in [7, 11) is 0. The van der Waals surface area contributed by atoms with Crippen molar-refractivity contribution in [2.75, 3.05) is 5.32 Å². The first-order valence-electron chi connectivity index (χ1n) is 5.82. The molecule has 0 saturated heterocycles. The van der Waals surface area contributed by atoms with Gasteiger partial charge in [-0.25, -0.2) is 0 Å².